The van der Waals surface area contributed by atoms with Crippen LogP contribution in [-0.4, -0.2) is 11.1 Å². The molecule has 0 fully saturated rings. The zero-order valence-corrected chi connectivity index (χ0v) is 8.68. The minimum atomic E-state index is -0.766. The zero-order chi connectivity index (χ0) is 10.1. The normalized spacial score (nSPS) is 11.7. The summed E-state index contributed by atoms with van der Waals surface area (Å²) in [6, 6.07) is 0. The topological polar surface area (TPSA) is 37.3 Å². The van der Waals surface area contributed by atoms with Crippen LogP contribution >= 0.6 is 0 Å². The molecule has 0 aliphatic rings. The fraction of sp³-hybridized carbons (Fsp3) is 0.727. The first-order chi connectivity index (χ1) is 6.22. The molecule has 1 N–H and O–H groups in total. The van der Waals surface area contributed by atoms with Gasteiger partial charge in [0, 0.05) is 5.57 Å². The Kier molecular flexibility index (Phi) is 7.36. The van der Waals surface area contributed by atoms with Crippen molar-refractivity contribution in [2.75, 3.05) is 0 Å². The Morgan fingerprint density at radius 3 is 2.38 bits per heavy atom. The lowest BCUT2D eigenvalue weighted by molar-refractivity contribution is -0.132. The second kappa shape index (κ2) is 7.84. The standard InChI is InChI=1S/C11H20O2/c1-3-5-6-7-8-9-10(4-2)11(12)13/h9H,3-8H2,1-2H3,(H,12,13)/b10-9-. The van der Waals surface area contributed by atoms with Gasteiger partial charge in [-0.05, 0) is 19.3 Å². The average molecular weight is 184 g/mol. The van der Waals surface area contributed by atoms with Crippen LogP contribution in [0, 0.1) is 0 Å². The van der Waals surface area contributed by atoms with Gasteiger partial charge in [0.1, 0.15) is 0 Å². The number of carboxylic acid groups (broad SMARTS) is 1. The molecule has 0 saturated heterocycles. The lowest BCUT2D eigenvalue weighted by atomic mass is 10.1. The monoisotopic (exact) mass is 184 g/mol. The van der Waals surface area contributed by atoms with Gasteiger partial charge in [-0.25, -0.2) is 4.79 Å². The van der Waals surface area contributed by atoms with E-state index in [0.29, 0.717) is 12.0 Å². The van der Waals surface area contributed by atoms with E-state index in [4.69, 9.17) is 5.11 Å². The van der Waals surface area contributed by atoms with Crippen LogP contribution in [-0.2, 0) is 4.79 Å². The molecule has 2 heteroatoms. The molecule has 0 unspecified atom stereocenters. The van der Waals surface area contributed by atoms with Crippen molar-refractivity contribution in [3.63, 3.8) is 0 Å². The van der Waals surface area contributed by atoms with Crippen molar-refractivity contribution >= 4 is 5.97 Å². The molecular weight excluding hydrogens is 164 g/mol. The molecule has 0 aromatic rings. The molecule has 0 spiro atoms. The highest BCUT2D eigenvalue weighted by Crippen LogP contribution is 2.07. The first-order valence-electron chi connectivity index (χ1n) is 5.14. The van der Waals surface area contributed by atoms with Crippen LogP contribution in [0.2, 0.25) is 0 Å². The van der Waals surface area contributed by atoms with E-state index in [-0.39, 0.29) is 0 Å². The van der Waals surface area contributed by atoms with Gasteiger partial charge in [-0.15, -0.1) is 0 Å². The predicted octanol–water partition coefficient (Wildman–Crippen LogP) is 3.38. The summed E-state index contributed by atoms with van der Waals surface area (Å²) in [5.41, 5.74) is 0.552. The SMILES string of the molecule is CCCCCC/C=C(/CC)C(=O)O. The largest absolute Gasteiger partial charge is 0.478 e. The summed E-state index contributed by atoms with van der Waals surface area (Å²) < 4.78 is 0. The number of hydrogen-bond donors (Lipinski definition) is 1. The molecular formula is C11H20O2. The number of aliphatic carboxylic acids is 1. The Bertz CT molecular complexity index is 171. The number of carbonyl (C=O) groups is 1. The summed E-state index contributed by atoms with van der Waals surface area (Å²) in [7, 11) is 0. The van der Waals surface area contributed by atoms with E-state index in [1.54, 1.807) is 0 Å². The zero-order valence-electron chi connectivity index (χ0n) is 8.68. The number of hydrogen-bond acceptors (Lipinski definition) is 1. The van der Waals surface area contributed by atoms with Gasteiger partial charge in [0.25, 0.3) is 0 Å². The molecule has 0 amide bonds. The van der Waals surface area contributed by atoms with Crippen LogP contribution in [0.3, 0.4) is 0 Å². The van der Waals surface area contributed by atoms with E-state index in [9.17, 15) is 4.79 Å². The molecule has 0 saturated carbocycles. The minimum absolute atomic E-state index is 0.552. The van der Waals surface area contributed by atoms with Gasteiger partial charge in [0.2, 0.25) is 0 Å². The maximum atomic E-state index is 10.6. The van der Waals surface area contributed by atoms with Gasteiger partial charge >= 0.3 is 5.97 Å². The van der Waals surface area contributed by atoms with E-state index >= 15 is 0 Å². The van der Waals surface area contributed by atoms with Crippen LogP contribution in [0.25, 0.3) is 0 Å². The van der Waals surface area contributed by atoms with Gasteiger partial charge in [-0.1, -0.05) is 39.2 Å². The second-order valence-electron chi connectivity index (χ2n) is 3.24. The molecule has 0 rings (SSSR count). The van der Waals surface area contributed by atoms with Crippen LogP contribution in [0.4, 0.5) is 0 Å². The fourth-order valence-electron chi connectivity index (χ4n) is 1.23. The van der Waals surface area contributed by atoms with Crippen molar-refractivity contribution in [1.29, 1.82) is 0 Å². The highest BCUT2D eigenvalue weighted by Gasteiger charge is 2.01. The molecule has 76 valence electrons. The fourth-order valence-corrected chi connectivity index (χ4v) is 1.23. The summed E-state index contributed by atoms with van der Waals surface area (Å²) in [6.07, 6.45) is 8.20. The second-order valence-corrected chi connectivity index (χ2v) is 3.24. The molecule has 0 bridgehead atoms. The van der Waals surface area contributed by atoms with Crippen LogP contribution in [0.5, 0.6) is 0 Å². The van der Waals surface area contributed by atoms with Crippen molar-refractivity contribution in [1.82, 2.24) is 0 Å². The van der Waals surface area contributed by atoms with Gasteiger partial charge in [-0.3, -0.25) is 0 Å². The summed E-state index contributed by atoms with van der Waals surface area (Å²) in [5.74, 6) is -0.766. The highest BCUT2D eigenvalue weighted by atomic mass is 16.4. The summed E-state index contributed by atoms with van der Waals surface area (Å²) in [6.45, 7) is 4.05. The van der Waals surface area contributed by atoms with Crippen molar-refractivity contribution in [3.8, 4) is 0 Å². The first kappa shape index (κ1) is 12.2. The highest BCUT2D eigenvalue weighted by molar-refractivity contribution is 5.86. The van der Waals surface area contributed by atoms with Crippen LogP contribution < -0.4 is 0 Å². The Balaban J connectivity index is 3.61. The van der Waals surface area contributed by atoms with Crippen molar-refractivity contribution in [2.45, 2.75) is 52.4 Å². The maximum Gasteiger partial charge on any atom is 0.331 e. The molecule has 2 nitrogen and oxygen atoms in total. The quantitative estimate of drug-likeness (QED) is 0.486. The van der Waals surface area contributed by atoms with E-state index in [2.05, 4.69) is 6.92 Å². The molecule has 0 heterocycles. The third-order valence-electron chi connectivity index (χ3n) is 2.10. The third-order valence-corrected chi connectivity index (χ3v) is 2.10. The Labute approximate surface area is 80.7 Å². The lowest BCUT2D eigenvalue weighted by Gasteiger charge is -1.98. The summed E-state index contributed by atoms with van der Waals surface area (Å²) in [5, 5.41) is 8.71. The van der Waals surface area contributed by atoms with E-state index in [0.717, 1.165) is 12.8 Å². The summed E-state index contributed by atoms with van der Waals surface area (Å²) in [4.78, 5) is 10.6. The average Bonchev–Trinajstić information content (AvgIpc) is 2.10. The molecule has 0 aromatic heterocycles. The number of carboxylic acids is 1. The molecule has 0 aliphatic heterocycles. The summed E-state index contributed by atoms with van der Waals surface area (Å²) >= 11 is 0. The predicted molar refractivity (Wildman–Crippen MR) is 54.8 cm³/mol. The Morgan fingerprint density at radius 1 is 1.23 bits per heavy atom. The van der Waals surface area contributed by atoms with Gasteiger partial charge < -0.3 is 5.11 Å². The van der Waals surface area contributed by atoms with Crippen LogP contribution in [0.1, 0.15) is 52.4 Å². The van der Waals surface area contributed by atoms with E-state index in [1.165, 1.54) is 19.3 Å². The molecule has 0 aromatic carbocycles. The third kappa shape index (κ3) is 6.38. The van der Waals surface area contributed by atoms with Gasteiger partial charge in [0.05, 0.1) is 0 Å². The number of allylic oxidation sites excluding steroid dienone is 1. The lowest BCUT2D eigenvalue weighted by Crippen LogP contribution is -1.98. The first-order valence-corrected chi connectivity index (χ1v) is 5.14. The smallest absolute Gasteiger partial charge is 0.331 e. The van der Waals surface area contributed by atoms with Crippen molar-refractivity contribution in [2.24, 2.45) is 0 Å². The molecule has 0 aliphatic carbocycles. The number of rotatable bonds is 7. The van der Waals surface area contributed by atoms with Crippen molar-refractivity contribution in [3.05, 3.63) is 11.6 Å². The molecule has 13 heavy (non-hydrogen) atoms. The molecule has 0 radical (unpaired) electrons. The Morgan fingerprint density at radius 2 is 1.92 bits per heavy atom. The van der Waals surface area contributed by atoms with Gasteiger partial charge in [-0.2, -0.15) is 0 Å². The maximum absolute atomic E-state index is 10.6. The van der Waals surface area contributed by atoms with Gasteiger partial charge in [0.15, 0.2) is 0 Å². The van der Waals surface area contributed by atoms with E-state index in [1.807, 2.05) is 13.0 Å². The molecule has 0 atom stereocenters. The van der Waals surface area contributed by atoms with Crippen LogP contribution in [0.15, 0.2) is 11.6 Å². The Hall–Kier alpha value is -0.790. The van der Waals surface area contributed by atoms with Crippen molar-refractivity contribution < 1.29 is 9.90 Å². The number of unbranched alkanes of at least 4 members (excludes halogenated alkanes) is 4. The minimum Gasteiger partial charge on any atom is -0.478 e. The van der Waals surface area contributed by atoms with E-state index < -0.39 is 5.97 Å².